The van der Waals surface area contributed by atoms with Gasteiger partial charge in [-0.15, -0.1) is 0 Å². The largest absolute Gasteiger partial charge is 0.507 e. The van der Waals surface area contributed by atoms with E-state index in [0.717, 1.165) is 37.8 Å². The number of likely N-dealkylation sites (tertiary alicyclic amines) is 1. The number of carboxylic acid groups (broad SMARTS) is 1. The van der Waals surface area contributed by atoms with Crippen LogP contribution in [0.2, 0.25) is 0 Å². The lowest BCUT2D eigenvalue weighted by molar-refractivity contribution is -0.160. The second-order valence-electron chi connectivity index (χ2n) is 13.2. The summed E-state index contributed by atoms with van der Waals surface area (Å²) in [5.41, 5.74) is 22.7. The first-order valence-corrected chi connectivity index (χ1v) is 17.5. The van der Waals surface area contributed by atoms with E-state index in [1.165, 1.54) is 49.9 Å². The average molecular weight is 646 g/mol. The van der Waals surface area contributed by atoms with Crippen LogP contribution in [0.3, 0.4) is 0 Å². The van der Waals surface area contributed by atoms with Crippen LogP contribution in [0, 0.1) is 18.3 Å². The van der Waals surface area contributed by atoms with Gasteiger partial charge >= 0.3 is 5.97 Å². The molecule has 2 aliphatic carbocycles. The molecular formula is C39H59N5O3. The van der Waals surface area contributed by atoms with Gasteiger partial charge in [-0.2, -0.15) is 0 Å². The molecule has 1 saturated heterocycles. The minimum absolute atomic E-state index is 0.0526. The summed E-state index contributed by atoms with van der Waals surface area (Å²) in [6.07, 6.45) is 13.6. The first-order chi connectivity index (χ1) is 22.6. The summed E-state index contributed by atoms with van der Waals surface area (Å²) in [5.74, 6) is 0.417. The van der Waals surface area contributed by atoms with Gasteiger partial charge < -0.3 is 37.2 Å². The number of aromatic hydroxyl groups is 1. The molecule has 258 valence electrons. The lowest BCUT2D eigenvalue weighted by Crippen LogP contribution is -2.58. The Kier molecular flexibility index (Phi) is 14.3. The molecule has 3 fully saturated rings. The molecule has 2 saturated carbocycles. The Labute approximate surface area is 283 Å². The van der Waals surface area contributed by atoms with E-state index in [4.69, 9.17) is 22.3 Å². The average Bonchev–Trinajstić information content (AvgIpc) is 3.02. The van der Waals surface area contributed by atoms with Crippen molar-refractivity contribution in [2.75, 3.05) is 26.2 Å². The molecule has 5 rings (SSSR count). The Morgan fingerprint density at radius 3 is 2.15 bits per heavy atom. The third-order valence-electron chi connectivity index (χ3n) is 9.84. The Balaban J connectivity index is 0.000000243. The van der Waals surface area contributed by atoms with Crippen LogP contribution in [-0.2, 0) is 4.79 Å². The van der Waals surface area contributed by atoms with Crippen molar-refractivity contribution in [1.29, 1.82) is 0 Å². The van der Waals surface area contributed by atoms with Gasteiger partial charge in [0.05, 0.1) is 11.6 Å². The predicted octanol–water partition coefficient (Wildman–Crippen LogP) is 6.91. The topological polar surface area (TPSA) is 142 Å². The molecule has 0 atom stereocenters. The molecule has 8 nitrogen and oxygen atoms in total. The van der Waals surface area contributed by atoms with Crippen LogP contribution < -0.4 is 17.2 Å². The first kappa shape index (κ1) is 37.5. The molecule has 1 spiro atoms. The maximum atomic E-state index is 11.0. The van der Waals surface area contributed by atoms with Crippen molar-refractivity contribution in [3.05, 3.63) is 95.0 Å². The van der Waals surface area contributed by atoms with Crippen molar-refractivity contribution in [2.24, 2.45) is 28.5 Å². The van der Waals surface area contributed by atoms with Crippen molar-refractivity contribution in [2.45, 2.75) is 91.5 Å². The molecule has 0 unspecified atom stereocenters. The lowest BCUT2D eigenvalue weighted by atomic mass is 9.49. The standard InChI is InChI=1S/C20H27NO2.C17H26N4O.C2H6/c1-14-2-4-15(5-3-14)16-6-8-21(9-7-16)18-12-20(13-18)10-17(11-20)19(22)23;1-3-5-11-21(10-4-2)15(17(19)20)12-14(18)13-8-6-7-9-16(13)22;1-2/h2-5,16-18H,6-13H2,1H3,(H,22,23);3,5-9,12,22H,4,10-11,18-20H2,1-2H3;1-2H3/b;5-3-,14-12-;. The number of para-hydroxylation sites is 1. The highest BCUT2D eigenvalue weighted by Crippen LogP contribution is 2.60. The van der Waals surface area contributed by atoms with Gasteiger partial charge in [0.1, 0.15) is 11.6 Å². The van der Waals surface area contributed by atoms with Crippen molar-refractivity contribution in [3.8, 4) is 5.75 Å². The molecule has 2 aromatic rings. The number of hydrogen-bond donors (Lipinski definition) is 5. The van der Waals surface area contributed by atoms with Crippen molar-refractivity contribution in [3.63, 3.8) is 0 Å². The van der Waals surface area contributed by atoms with Gasteiger partial charge in [0.25, 0.3) is 0 Å². The van der Waals surface area contributed by atoms with E-state index in [0.29, 0.717) is 28.9 Å². The molecule has 0 bridgehead atoms. The Bertz CT molecular complexity index is 1360. The minimum Gasteiger partial charge on any atom is -0.507 e. The zero-order valence-electron chi connectivity index (χ0n) is 29.3. The number of hydrogen-bond acceptors (Lipinski definition) is 7. The second-order valence-corrected chi connectivity index (χ2v) is 13.2. The summed E-state index contributed by atoms with van der Waals surface area (Å²) in [5, 5.41) is 18.9. The van der Waals surface area contributed by atoms with E-state index in [9.17, 15) is 9.90 Å². The first-order valence-electron chi connectivity index (χ1n) is 17.5. The number of nitrogens with two attached hydrogens (primary N) is 3. The van der Waals surface area contributed by atoms with E-state index in [1.54, 1.807) is 24.3 Å². The molecule has 3 aliphatic rings. The number of carboxylic acids is 1. The van der Waals surface area contributed by atoms with Gasteiger partial charge in [-0.1, -0.05) is 74.9 Å². The maximum absolute atomic E-state index is 11.0. The number of rotatable bonds is 10. The number of aryl methyl sites for hydroxylation is 1. The summed E-state index contributed by atoms with van der Waals surface area (Å²) < 4.78 is 0. The zero-order chi connectivity index (χ0) is 34.6. The smallest absolute Gasteiger partial charge is 0.306 e. The third-order valence-corrected chi connectivity index (χ3v) is 9.84. The number of phenols is 1. The van der Waals surface area contributed by atoms with Gasteiger partial charge in [-0.3, -0.25) is 4.79 Å². The zero-order valence-corrected chi connectivity index (χ0v) is 29.3. The summed E-state index contributed by atoms with van der Waals surface area (Å²) in [6, 6.07) is 16.7. The molecule has 8 N–H and O–H groups in total. The van der Waals surface area contributed by atoms with E-state index >= 15 is 0 Å². The quantitative estimate of drug-likeness (QED) is 0.139. The lowest BCUT2D eigenvalue weighted by Gasteiger charge is -2.59. The van der Waals surface area contributed by atoms with E-state index in [2.05, 4.69) is 47.9 Å². The highest BCUT2D eigenvalue weighted by atomic mass is 16.4. The fourth-order valence-electron chi connectivity index (χ4n) is 7.24. The monoisotopic (exact) mass is 645 g/mol. The van der Waals surface area contributed by atoms with Crippen LogP contribution in [0.25, 0.3) is 5.70 Å². The van der Waals surface area contributed by atoms with Crippen molar-refractivity contribution < 1.29 is 15.0 Å². The second kappa shape index (κ2) is 17.9. The maximum Gasteiger partial charge on any atom is 0.306 e. The van der Waals surface area contributed by atoms with Gasteiger partial charge in [-0.05, 0) is 107 Å². The van der Waals surface area contributed by atoms with Gasteiger partial charge in [0, 0.05) is 30.4 Å². The van der Waals surface area contributed by atoms with Crippen molar-refractivity contribution >= 4 is 11.7 Å². The van der Waals surface area contributed by atoms with Crippen LogP contribution in [0.4, 0.5) is 0 Å². The Morgan fingerprint density at radius 1 is 1.00 bits per heavy atom. The normalized spacial score (nSPS) is 22.6. The summed E-state index contributed by atoms with van der Waals surface area (Å²) in [6.45, 7) is 14.1. The van der Waals surface area contributed by atoms with E-state index in [-0.39, 0.29) is 17.5 Å². The minimum atomic E-state index is -0.585. The molecule has 0 amide bonds. The SMILES string of the molecule is C/C=C\CN(CCC)C(/C=C(\N)c1ccccc1O)=C(N)N.CC.Cc1ccc(C2CCN(C3CC4(CC(C(=O)O)C4)C3)CC2)cc1. The molecule has 1 aliphatic heterocycles. The number of piperidine rings is 1. The summed E-state index contributed by atoms with van der Waals surface area (Å²) in [4.78, 5) is 15.7. The van der Waals surface area contributed by atoms with Crippen LogP contribution in [0.15, 0.2) is 78.3 Å². The molecule has 8 heteroatoms. The molecule has 1 heterocycles. The number of carbonyl (C=O) groups is 1. The highest BCUT2D eigenvalue weighted by Gasteiger charge is 2.56. The number of benzene rings is 2. The van der Waals surface area contributed by atoms with Gasteiger partial charge in [0.2, 0.25) is 0 Å². The Hall–Kier alpha value is -3.91. The number of phenolic OH excluding ortho intramolecular Hbond substituents is 1. The van der Waals surface area contributed by atoms with Crippen LogP contribution in [0.1, 0.15) is 95.2 Å². The van der Waals surface area contributed by atoms with Crippen LogP contribution in [0.5, 0.6) is 5.75 Å². The van der Waals surface area contributed by atoms with Crippen LogP contribution >= 0.6 is 0 Å². The fourth-order valence-corrected chi connectivity index (χ4v) is 7.24. The molecule has 0 radical (unpaired) electrons. The number of allylic oxidation sites excluding steroid dienone is 2. The number of aliphatic carboxylic acids is 1. The molecule has 47 heavy (non-hydrogen) atoms. The van der Waals surface area contributed by atoms with Gasteiger partial charge in [0.15, 0.2) is 0 Å². The summed E-state index contributed by atoms with van der Waals surface area (Å²) >= 11 is 0. The highest BCUT2D eigenvalue weighted by molar-refractivity contribution is 5.71. The predicted molar refractivity (Wildman–Crippen MR) is 194 cm³/mol. The summed E-state index contributed by atoms with van der Waals surface area (Å²) in [7, 11) is 0. The fraction of sp³-hybridized carbons (Fsp3) is 0.513. The third kappa shape index (κ3) is 10.0. The van der Waals surface area contributed by atoms with Crippen molar-refractivity contribution in [1.82, 2.24) is 9.80 Å². The number of nitrogens with zero attached hydrogens (tertiary/aromatic N) is 2. The van der Waals surface area contributed by atoms with Gasteiger partial charge in [-0.25, -0.2) is 0 Å². The molecule has 2 aromatic carbocycles. The van der Waals surface area contributed by atoms with Crippen LogP contribution in [-0.4, -0.2) is 58.2 Å². The molecular weight excluding hydrogens is 586 g/mol. The van der Waals surface area contributed by atoms with E-state index < -0.39 is 5.97 Å². The Morgan fingerprint density at radius 2 is 1.62 bits per heavy atom. The van der Waals surface area contributed by atoms with E-state index in [1.807, 2.05) is 39.0 Å². The molecule has 0 aromatic heterocycles.